The molecule has 2 atom stereocenters. The van der Waals surface area contributed by atoms with E-state index in [2.05, 4.69) is 13.8 Å². The number of carbonyl (C=O) groups is 4. The van der Waals surface area contributed by atoms with Crippen molar-refractivity contribution < 1.29 is 158 Å². The van der Waals surface area contributed by atoms with Crippen LogP contribution in [0.25, 0.3) is 0 Å². The van der Waals surface area contributed by atoms with Gasteiger partial charge in [-0.05, 0) is 25.7 Å². The van der Waals surface area contributed by atoms with E-state index < -0.39 is 47.5 Å². The standard InChI is InChI=1S/C32H58O8.4Na/c1-3-5-7-9-11-13-15-17-19-21-23-31(29(37)38,25-27(33)34)32(30(39)40,26-28(35)36)24-22-20-18-16-14-12-10-8-6-4-2;;;;/h3-26H2,1-2H3,(H,33,34)(H,35,36)(H,37,38)(H,39,40);;;;/q;4*+1/p-4. The molecule has 0 aliphatic heterocycles. The Labute approximate surface area is 356 Å². The van der Waals surface area contributed by atoms with Crippen LogP contribution in [0.4, 0.5) is 0 Å². The molecule has 0 rings (SSSR count). The molecule has 0 spiro atoms. The van der Waals surface area contributed by atoms with E-state index in [4.69, 9.17) is 0 Å². The fourth-order valence-electron chi connectivity index (χ4n) is 6.05. The Bertz CT molecular complexity index is 681. The quantitative estimate of drug-likeness (QED) is 0.0566. The number of carboxylic acid groups (broad SMARTS) is 4. The smallest absolute Gasteiger partial charge is 0.550 e. The SMILES string of the molecule is CCCCCCCCCCCCC(CC(=O)[O-])(C(=O)[O-])C(CCCCCCCCCCCC)(CC(=O)[O-])C(=O)[O-].[Na+].[Na+].[Na+].[Na+]. The van der Waals surface area contributed by atoms with Crippen molar-refractivity contribution in [3.63, 3.8) is 0 Å². The van der Waals surface area contributed by atoms with Crippen LogP contribution >= 0.6 is 0 Å². The third-order valence-electron chi connectivity index (χ3n) is 8.50. The van der Waals surface area contributed by atoms with Crippen molar-refractivity contribution >= 4 is 23.9 Å². The predicted octanol–water partition coefficient (Wildman–Crippen LogP) is -8.62. The fraction of sp³-hybridized carbons (Fsp3) is 0.875. The first-order valence-corrected chi connectivity index (χ1v) is 15.9. The predicted molar refractivity (Wildman–Crippen MR) is 147 cm³/mol. The number of carbonyl (C=O) groups excluding carboxylic acids is 4. The molecule has 12 heteroatoms. The van der Waals surface area contributed by atoms with Crippen molar-refractivity contribution in [2.45, 2.75) is 168 Å². The van der Waals surface area contributed by atoms with E-state index >= 15 is 0 Å². The molecule has 0 aliphatic carbocycles. The van der Waals surface area contributed by atoms with Gasteiger partial charge in [0, 0.05) is 34.7 Å². The largest absolute Gasteiger partial charge is 1.00 e. The van der Waals surface area contributed by atoms with Crippen LogP contribution in [0.2, 0.25) is 0 Å². The summed E-state index contributed by atoms with van der Waals surface area (Å²) in [6.45, 7) is 4.32. The second kappa shape index (κ2) is 34.7. The number of unbranched alkanes of at least 4 members (excludes halogenated alkanes) is 18. The molecule has 0 aliphatic rings. The van der Waals surface area contributed by atoms with Crippen molar-refractivity contribution in [1.29, 1.82) is 0 Å². The van der Waals surface area contributed by atoms with Gasteiger partial charge in [0.2, 0.25) is 0 Å². The normalized spacial score (nSPS) is 13.0. The zero-order valence-corrected chi connectivity index (χ0v) is 37.2. The molecule has 2 unspecified atom stereocenters. The second-order valence-electron chi connectivity index (χ2n) is 11.7. The molecule has 0 heterocycles. The van der Waals surface area contributed by atoms with Crippen LogP contribution in [-0.2, 0) is 19.2 Å². The zero-order chi connectivity index (χ0) is 30.3. The summed E-state index contributed by atoms with van der Waals surface area (Å²) in [4.78, 5) is 48.6. The van der Waals surface area contributed by atoms with Crippen LogP contribution in [0.5, 0.6) is 0 Å². The van der Waals surface area contributed by atoms with Gasteiger partial charge in [-0.2, -0.15) is 0 Å². The van der Waals surface area contributed by atoms with Gasteiger partial charge in [0.25, 0.3) is 0 Å². The minimum atomic E-state index is -2.47. The van der Waals surface area contributed by atoms with Crippen LogP contribution in [0.3, 0.4) is 0 Å². The van der Waals surface area contributed by atoms with E-state index in [1.165, 1.54) is 51.4 Å². The number of rotatable bonds is 29. The molecular formula is C32H54Na4O8. The molecule has 0 amide bonds. The molecule has 0 saturated carbocycles. The van der Waals surface area contributed by atoms with Crippen LogP contribution in [0.15, 0.2) is 0 Å². The summed E-state index contributed by atoms with van der Waals surface area (Å²) in [7, 11) is 0. The number of carboxylic acids is 4. The maximum atomic E-state index is 12.6. The first-order chi connectivity index (χ1) is 19.1. The van der Waals surface area contributed by atoms with Gasteiger partial charge in [-0.3, -0.25) is 0 Å². The van der Waals surface area contributed by atoms with E-state index in [1.54, 1.807) is 0 Å². The van der Waals surface area contributed by atoms with Gasteiger partial charge in [0.1, 0.15) is 0 Å². The summed E-state index contributed by atoms with van der Waals surface area (Å²) in [6.07, 6.45) is 16.0. The van der Waals surface area contributed by atoms with Crippen LogP contribution in [0.1, 0.15) is 168 Å². The molecular weight excluding hydrogens is 604 g/mol. The summed E-state index contributed by atoms with van der Waals surface area (Å²) < 4.78 is 0. The Morgan fingerprint density at radius 3 is 0.773 bits per heavy atom. The van der Waals surface area contributed by atoms with Gasteiger partial charge >= 0.3 is 118 Å². The Kier molecular flexibility index (Phi) is 43.7. The van der Waals surface area contributed by atoms with Crippen molar-refractivity contribution in [2.75, 3.05) is 0 Å². The average molecular weight is 659 g/mol. The minimum absolute atomic E-state index is 0. The third-order valence-corrected chi connectivity index (χ3v) is 8.50. The molecule has 8 nitrogen and oxygen atoms in total. The molecule has 0 radical (unpaired) electrons. The summed E-state index contributed by atoms with van der Waals surface area (Å²) >= 11 is 0. The molecule has 234 valence electrons. The molecule has 0 aromatic heterocycles. The van der Waals surface area contributed by atoms with Crippen molar-refractivity contribution in [1.82, 2.24) is 0 Å². The van der Waals surface area contributed by atoms with Crippen LogP contribution in [-0.4, -0.2) is 23.9 Å². The van der Waals surface area contributed by atoms with E-state index in [0.717, 1.165) is 51.4 Å². The zero-order valence-electron chi connectivity index (χ0n) is 29.2. The first kappa shape index (κ1) is 55.3. The maximum absolute atomic E-state index is 12.6. The molecule has 0 fully saturated rings. The van der Waals surface area contributed by atoms with Gasteiger partial charge in [-0.15, -0.1) is 0 Å². The van der Waals surface area contributed by atoms with Crippen LogP contribution < -0.4 is 139 Å². The number of hydrogen-bond donors (Lipinski definition) is 0. The van der Waals surface area contributed by atoms with Crippen LogP contribution in [0, 0.1) is 10.8 Å². The van der Waals surface area contributed by atoms with E-state index in [1.807, 2.05) is 0 Å². The Balaban J connectivity index is -0.00000127. The summed E-state index contributed by atoms with van der Waals surface area (Å²) in [5.41, 5.74) is -4.94. The number of aliphatic carboxylic acids is 4. The van der Waals surface area contributed by atoms with Crippen molar-refractivity contribution in [3.8, 4) is 0 Å². The van der Waals surface area contributed by atoms with Crippen molar-refractivity contribution in [3.05, 3.63) is 0 Å². The van der Waals surface area contributed by atoms with Gasteiger partial charge in [0.15, 0.2) is 0 Å². The molecule has 0 aromatic rings. The Hall–Kier alpha value is 1.88. The Morgan fingerprint density at radius 2 is 0.591 bits per heavy atom. The van der Waals surface area contributed by atoms with Gasteiger partial charge in [-0.1, -0.05) is 142 Å². The fourth-order valence-corrected chi connectivity index (χ4v) is 6.05. The van der Waals surface area contributed by atoms with E-state index in [-0.39, 0.29) is 144 Å². The molecule has 44 heavy (non-hydrogen) atoms. The topological polar surface area (TPSA) is 161 Å². The monoisotopic (exact) mass is 658 g/mol. The average Bonchev–Trinajstić information content (AvgIpc) is 2.88. The number of hydrogen-bond acceptors (Lipinski definition) is 8. The summed E-state index contributed by atoms with van der Waals surface area (Å²) in [5.74, 6) is -7.29. The van der Waals surface area contributed by atoms with E-state index in [9.17, 15) is 39.6 Å². The van der Waals surface area contributed by atoms with Gasteiger partial charge < -0.3 is 39.6 Å². The van der Waals surface area contributed by atoms with Crippen molar-refractivity contribution in [2.24, 2.45) is 10.8 Å². The maximum Gasteiger partial charge on any atom is 1.00 e. The van der Waals surface area contributed by atoms with Gasteiger partial charge in [-0.25, -0.2) is 0 Å². The molecule has 0 bridgehead atoms. The minimum Gasteiger partial charge on any atom is -0.550 e. The first-order valence-electron chi connectivity index (χ1n) is 15.9. The summed E-state index contributed by atoms with van der Waals surface area (Å²) in [6, 6.07) is 0. The Morgan fingerprint density at radius 1 is 0.386 bits per heavy atom. The summed E-state index contributed by atoms with van der Waals surface area (Å²) in [5, 5.41) is 48.6. The van der Waals surface area contributed by atoms with E-state index in [0.29, 0.717) is 12.8 Å². The molecule has 0 saturated heterocycles. The van der Waals surface area contributed by atoms with Gasteiger partial charge in [0.05, 0.1) is 0 Å². The second-order valence-corrected chi connectivity index (χ2v) is 11.7. The third kappa shape index (κ3) is 23.3. The molecule has 0 N–H and O–H groups in total. The molecule has 0 aromatic carbocycles.